The molecule has 19 heavy (non-hydrogen) atoms. The van der Waals surface area contributed by atoms with E-state index in [4.69, 9.17) is 4.74 Å². The van der Waals surface area contributed by atoms with Gasteiger partial charge in [0.25, 0.3) is 0 Å². The van der Waals surface area contributed by atoms with E-state index in [0.29, 0.717) is 0 Å². The Morgan fingerprint density at radius 3 is 2.68 bits per heavy atom. The van der Waals surface area contributed by atoms with Crippen molar-refractivity contribution >= 4 is 27.3 Å². The predicted molar refractivity (Wildman–Crippen MR) is 85.3 cm³/mol. The predicted octanol–water partition coefficient (Wildman–Crippen LogP) is 4.53. The summed E-state index contributed by atoms with van der Waals surface area (Å²) < 4.78 is 6.55. The summed E-state index contributed by atoms with van der Waals surface area (Å²) in [5.41, 5.74) is 1.18. The zero-order valence-electron chi connectivity index (χ0n) is 11.4. The second-order valence-corrected chi connectivity index (χ2v) is 6.56. The summed E-state index contributed by atoms with van der Waals surface area (Å²) in [5, 5.41) is 3.54. The summed E-state index contributed by atoms with van der Waals surface area (Å²) in [4.78, 5) is 2.65. The Labute approximate surface area is 126 Å². The van der Waals surface area contributed by atoms with Crippen LogP contribution in [0.3, 0.4) is 0 Å². The minimum absolute atomic E-state index is 0.187. The third-order valence-corrected chi connectivity index (χ3v) is 4.52. The quantitative estimate of drug-likeness (QED) is 0.864. The van der Waals surface area contributed by atoms with Gasteiger partial charge in [-0.1, -0.05) is 28.9 Å². The second kappa shape index (κ2) is 6.55. The highest BCUT2D eigenvalue weighted by molar-refractivity contribution is 9.10. The van der Waals surface area contributed by atoms with E-state index in [1.807, 2.05) is 17.4 Å². The van der Waals surface area contributed by atoms with Gasteiger partial charge in [-0.2, -0.15) is 0 Å². The summed E-state index contributed by atoms with van der Waals surface area (Å²) in [6, 6.07) is 10.7. The summed E-state index contributed by atoms with van der Waals surface area (Å²) in [6.45, 7) is 5.18. The topological polar surface area (TPSA) is 21.3 Å². The molecule has 1 heterocycles. The number of methoxy groups -OCH3 is 1. The molecule has 2 aromatic rings. The molecule has 0 fully saturated rings. The Kier molecular flexibility index (Phi) is 5.02. The Balaban J connectivity index is 2.44. The van der Waals surface area contributed by atoms with Gasteiger partial charge < -0.3 is 10.1 Å². The normalized spacial score (nSPS) is 12.4. The number of hydrogen-bond donors (Lipinski definition) is 1. The van der Waals surface area contributed by atoms with Gasteiger partial charge in [-0.15, -0.1) is 11.3 Å². The molecule has 0 amide bonds. The molecule has 0 aliphatic rings. The van der Waals surface area contributed by atoms with Crippen molar-refractivity contribution in [3.05, 3.63) is 50.1 Å². The molecule has 0 bridgehead atoms. The van der Waals surface area contributed by atoms with Crippen LogP contribution in [0.2, 0.25) is 0 Å². The van der Waals surface area contributed by atoms with Crippen molar-refractivity contribution in [3.63, 3.8) is 0 Å². The van der Waals surface area contributed by atoms with Crippen LogP contribution in [0.4, 0.5) is 0 Å². The molecule has 4 heteroatoms. The summed E-state index contributed by atoms with van der Waals surface area (Å²) >= 11 is 5.31. The largest absolute Gasteiger partial charge is 0.496 e. The van der Waals surface area contributed by atoms with Gasteiger partial charge in [-0.3, -0.25) is 0 Å². The molecule has 0 saturated carbocycles. The van der Waals surface area contributed by atoms with Crippen LogP contribution in [0.1, 0.15) is 28.3 Å². The lowest BCUT2D eigenvalue weighted by Crippen LogP contribution is -2.21. The lowest BCUT2D eigenvalue weighted by atomic mass is 10.0. The van der Waals surface area contributed by atoms with Crippen LogP contribution in [-0.2, 0) is 0 Å². The van der Waals surface area contributed by atoms with Crippen LogP contribution < -0.4 is 10.1 Å². The van der Waals surface area contributed by atoms with Crippen molar-refractivity contribution in [1.29, 1.82) is 0 Å². The highest BCUT2D eigenvalue weighted by Gasteiger charge is 2.18. The second-order valence-electron chi connectivity index (χ2n) is 4.33. The van der Waals surface area contributed by atoms with Gasteiger partial charge in [0.1, 0.15) is 5.75 Å². The molecule has 0 saturated heterocycles. The Morgan fingerprint density at radius 2 is 2.11 bits per heavy atom. The Hall–Kier alpha value is -0.840. The standard InChI is InChI=1S/C15H18BrNOS/c1-4-17-15(14-8-5-10(2)19-14)12-7-6-11(16)9-13(12)18-3/h5-9,15,17H,4H2,1-3H3. The van der Waals surface area contributed by atoms with Crippen LogP contribution in [0.5, 0.6) is 5.75 Å². The fourth-order valence-electron chi connectivity index (χ4n) is 2.10. The summed E-state index contributed by atoms with van der Waals surface area (Å²) in [5.74, 6) is 0.909. The Morgan fingerprint density at radius 1 is 1.32 bits per heavy atom. The first kappa shape index (κ1) is 14.6. The van der Waals surface area contributed by atoms with Crippen molar-refractivity contribution in [2.45, 2.75) is 19.9 Å². The number of hydrogen-bond acceptors (Lipinski definition) is 3. The van der Waals surface area contributed by atoms with Gasteiger partial charge in [-0.25, -0.2) is 0 Å². The minimum atomic E-state index is 0.187. The van der Waals surface area contributed by atoms with Gasteiger partial charge in [0.15, 0.2) is 0 Å². The highest BCUT2D eigenvalue weighted by Crippen LogP contribution is 2.35. The van der Waals surface area contributed by atoms with Crippen LogP contribution in [-0.4, -0.2) is 13.7 Å². The molecule has 1 N–H and O–H groups in total. The number of halogens is 1. The minimum Gasteiger partial charge on any atom is -0.496 e. The number of ether oxygens (including phenoxy) is 1. The molecule has 2 nitrogen and oxygen atoms in total. The van der Waals surface area contributed by atoms with Gasteiger partial charge in [0.2, 0.25) is 0 Å². The SMILES string of the molecule is CCNC(c1ccc(C)s1)c1ccc(Br)cc1OC. The van der Waals surface area contributed by atoms with Crippen LogP contribution in [0.15, 0.2) is 34.8 Å². The van der Waals surface area contributed by atoms with E-state index < -0.39 is 0 Å². The number of nitrogens with one attached hydrogen (secondary N) is 1. The van der Waals surface area contributed by atoms with Crippen molar-refractivity contribution in [1.82, 2.24) is 5.32 Å². The van der Waals surface area contributed by atoms with E-state index in [1.54, 1.807) is 7.11 Å². The zero-order chi connectivity index (χ0) is 13.8. The van der Waals surface area contributed by atoms with E-state index >= 15 is 0 Å². The van der Waals surface area contributed by atoms with E-state index in [1.165, 1.54) is 15.3 Å². The van der Waals surface area contributed by atoms with Crippen LogP contribution in [0, 0.1) is 6.92 Å². The van der Waals surface area contributed by atoms with Gasteiger partial charge >= 0.3 is 0 Å². The van der Waals surface area contributed by atoms with Crippen molar-refractivity contribution < 1.29 is 4.74 Å². The maximum Gasteiger partial charge on any atom is 0.125 e. The molecule has 1 unspecified atom stereocenters. The lowest BCUT2D eigenvalue weighted by molar-refractivity contribution is 0.404. The van der Waals surface area contributed by atoms with Crippen molar-refractivity contribution in [2.75, 3.05) is 13.7 Å². The molecule has 2 rings (SSSR count). The number of aryl methyl sites for hydroxylation is 1. The van der Waals surface area contributed by atoms with Gasteiger partial charge in [0, 0.05) is 19.8 Å². The van der Waals surface area contributed by atoms with Crippen LogP contribution >= 0.6 is 27.3 Å². The Bertz CT molecular complexity index is 553. The molecule has 102 valence electrons. The molecule has 0 radical (unpaired) electrons. The molecule has 0 spiro atoms. The van der Waals surface area contributed by atoms with E-state index in [-0.39, 0.29) is 6.04 Å². The molecule has 0 aliphatic carbocycles. The highest BCUT2D eigenvalue weighted by atomic mass is 79.9. The smallest absolute Gasteiger partial charge is 0.125 e. The van der Waals surface area contributed by atoms with E-state index in [9.17, 15) is 0 Å². The molecular weight excluding hydrogens is 322 g/mol. The maximum absolute atomic E-state index is 5.52. The van der Waals surface area contributed by atoms with Gasteiger partial charge in [-0.05, 0) is 37.7 Å². The third kappa shape index (κ3) is 3.38. The third-order valence-electron chi connectivity index (χ3n) is 2.96. The first-order valence-corrected chi connectivity index (χ1v) is 7.89. The van der Waals surface area contributed by atoms with Crippen LogP contribution in [0.25, 0.3) is 0 Å². The van der Waals surface area contributed by atoms with Gasteiger partial charge in [0.05, 0.1) is 13.2 Å². The number of benzene rings is 1. The molecular formula is C15H18BrNOS. The van der Waals surface area contributed by atoms with Crippen molar-refractivity contribution in [3.8, 4) is 5.75 Å². The monoisotopic (exact) mass is 339 g/mol. The number of thiophene rings is 1. The zero-order valence-corrected chi connectivity index (χ0v) is 13.8. The average Bonchev–Trinajstić information content (AvgIpc) is 2.82. The number of rotatable bonds is 5. The average molecular weight is 340 g/mol. The molecule has 1 atom stereocenters. The summed E-state index contributed by atoms with van der Waals surface area (Å²) in [7, 11) is 1.72. The first-order valence-electron chi connectivity index (χ1n) is 6.29. The van der Waals surface area contributed by atoms with E-state index in [0.717, 1.165) is 16.8 Å². The van der Waals surface area contributed by atoms with Crippen molar-refractivity contribution in [2.24, 2.45) is 0 Å². The lowest BCUT2D eigenvalue weighted by Gasteiger charge is -2.20. The summed E-state index contributed by atoms with van der Waals surface area (Å²) in [6.07, 6.45) is 0. The molecule has 0 aliphatic heterocycles. The fourth-order valence-corrected chi connectivity index (χ4v) is 3.41. The molecule has 1 aromatic carbocycles. The fraction of sp³-hybridized carbons (Fsp3) is 0.333. The maximum atomic E-state index is 5.52. The van der Waals surface area contributed by atoms with E-state index in [2.05, 4.69) is 59.4 Å². The molecule has 1 aromatic heterocycles. The first-order chi connectivity index (χ1) is 9.15.